The molecular weight excluding hydrogens is 431 g/mol. The molecule has 0 atom stereocenters. The Balaban J connectivity index is 1.76. The van der Waals surface area contributed by atoms with Crippen molar-refractivity contribution in [2.75, 3.05) is 0 Å². The van der Waals surface area contributed by atoms with Crippen molar-refractivity contribution in [3.8, 4) is 22.5 Å². The molecule has 3 nitrogen and oxygen atoms in total. The Kier molecular flexibility index (Phi) is 5.14. The molecule has 0 fully saturated rings. The summed E-state index contributed by atoms with van der Waals surface area (Å²) in [7, 11) is 0. The number of halogens is 2. The van der Waals surface area contributed by atoms with E-state index in [0.29, 0.717) is 26.6 Å². The van der Waals surface area contributed by atoms with Crippen molar-refractivity contribution in [2.45, 2.75) is 6.54 Å². The maximum Gasteiger partial charge on any atom is 0.263 e. The summed E-state index contributed by atoms with van der Waals surface area (Å²) in [6.07, 6.45) is 0. The van der Waals surface area contributed by atoms with E-state index in [1.807, 2.05) is 53.9 Å². The summed E-state index contributed by atoms with van der Waals surface area (Å²) < 4.78 is 15.4. The quantitative estimate of drug-likeness (QED) is 0.310. The normalized spacial score (nSPS) is 11.2. The predicted octanol–water partition coefficient (Wildman–Crippen LogP) is 6.63. The van der Waals surface area contributed by atoms with Crippen LogP contribution >= 0.6 is 22.9 Å². The minimum atomic E-state index is -0.335. The molecule has 5 aromatic rings. The van der Waals surface area contributed by atoms with Crippen LogP contribution in [0.1, 0.15) is 5.56 Å². The van der Waals surface area contributed by atoms with Gasteiger partial charge in [0, 0.05) is 21.5 Å². The van der Waals surface area contributed by atoms with Crippen molar-refractivity contribution in [1.82, 2.24) is 9.55 Å². The van der Waals surface area contributed by atoms with E-state index in [1.165, 1.54) is 23.5 Å². The molecule has 0 aliphatic heterocycles. The third-order valence-corrected chi connectivity index (χ3v) is 6.23. The second-order valence-electron chi connectivity index (χ2n) is 7.16. The number of thiophene rings is 1. The Morgan fingerprint density at radius 2 is 1.71 bits per heavy atom. The van der Waals surface area contributed by atoms with Gasteiger partial charge in [0.25, 0.3) is 5.56 Å². The number of hydrogen-bond donors (Lipinski definition) is 0. The summed E-state index contributed by atoms with van der Waals surface area (Å²) in [4.78, 5) is 19.3. The highest BCUT2D eigenvalue weighted by Gasteiger charge is 2.18. The van der Waals surface area contributed by atoms with Crippen molar-refractivity contribution < 1.29 is 4.39 Å². The van der Waals surface area contributed by atoms with Crippen LogP contribution in [0.5, 0.6) is 0 Å². The molecule has 3 aromatic carbocycles. The van der Waals surface area contributed by atoms with Gasteiger partial charge in [-0.3, -0.25) is 9.36 Å². The van der Waals surface area contributed by atoms with Crippen LogP contribution in [0, 0.1) is 5.82 Å². The van der Waals surface area contributed by atoms with E-state index in [4.69, 9.17) is 16.6 Å². The summed E-state index contributed by atoms with van der Waals surface area (Å²) in [5, 5.41) is 3.14. The van der Waals surface area contributed by atoms with Crippen LogP contribution < -0.4 is 5.56 Å². The number of rotatable bonds is 4. The van der Waals surface area contributed by atoms with E-state index >= 15 is 0 Å². The molecular formula is C25H16ClFN2OS. The van der Waals surface area contributed by atoms with Crippen LogP contribution in [0.3, 0.4) is 0 Å². The molecule has 2 heterocycles. The number of hydrogen-bond acceptors (Lipinski definition) is 3. The van der Waals surface area contributed by atoms with E-state index in [-0.39, 0.29) is 17.9 Å². The summed E-state index contributed by atoms with van der Waals surface area (Å²) in [6.45, 7) is 0.222. The Morgan fingerprint density at radius 3 is 2.45 bits per heavy atom. The minimum Gasteiger partial charge on any atom is -0.288 e. The fourth-order valence-corrected chi connectivity index (χ4v) is 4.70. The van der Waals surface area contributed by atoms with Crippen molar-refractivity contribution in [3.63, 3.8) is 0 Å². The van der Waals surface area contributed by atoms with Gasteiger partial charge >= 0.3 is 0 Å². The summed E-state index contributed by atoms with van der Waals surface area (Å²) >= 11 is 7.47. The van der Waals surface area contributed by atoms with Gasteiger partial charge in [0.2, 0.25) is 0 Å². The van der Waals surface area contributed by atoms with Crippen LogP contribution in [0.2, 0.25) is 5.02 Å². The molecule has 0 amide bonds. The lowest BCUT2D eigenvalue weighted by molar-refractivity contribution is 0.623. The zero-order valence-corrected chi connectivity index (χ0v) is 17.8. The molecule has 6 heteroatoms. The van der Waals surface area contributed by atoms with Gasteiger partial charge in [-0.25, -0.2) is 9.37 Å². The molecule has 0 unspecified atom stereocenters. The first-order valence-electron chi connectivity index (χ1n) is 9.68. The molecule has 31 heavy (non-hydrogen) atoms. The highest BCUT2D eigenvalue weighted by atomic mass is 35.5. The topological polar surface area (TPSA) is 34.9 Å². The highest BCUT2D eigenvalue weighted by Crippen LogP contribution is 2.33. The number of nitrogens with zero attached hydrogens (tertiary/aromatic N) is 2. The van der Waals surface area contributed by atoms with Crippen molar-refractivity contribution >= 4 is 33.2 Å². The van der Waals surface area contributed by atoms with E-state index < -0.39 is 0 Å². The summed E-state index contributed by atoms with van der Waals surface area (Å²) in [6, 6.07) is 23.3. The van der Waals surface area contributed by atoms with Crippen molar-refractivity contribution in [3.05, 3.63) is 111 Å². The molecule has 5 rings (SSSR count). The largest absolute Gasteiger partial charge is 0.288 e. The van der Waals surface area contributed by atoms with Gasteiger partial charge < -0.3 is 0 Å². The average molecular weight is 447 g/mol. The molecule has 2 aromatic heterocycles. The van der Waals surface area contributed by atoms with Crippen LogP contribution in [0.15, 0.2) is 89.0 Å². The van der Waals surface area contributed by atoms with Gasteiger partial charge in [-0.2, -0.15) is 0 Å². The van der Waals surface area contributed by atoms with Crippen molar-refractivity contribution in [2.24, 2.45) is 0 Å². The molecule has 0 radical (unpaired) electrons. The van der Waals surface area contributed by atoms with Gasteiger partial charge in [0.15, 0.2) is 0 Å². The van der Waals surface area contributed by atoms with Gasteiger partial charge in [-0.15, -0.1) is 11.3 Å². The van der Waals surface area contributed by atoms with Gasteiger partial charge in [0.05, 0.1) is 11.9 Å². The molecule has 0 aliphatic rings. The lowest BCUT2D eigenvalue weighted by Gasteiger charge is -2.13. The van der Waals surface area contributed by atoms with E-state index in [0.717, 1.165) is 16.7 Å². The molecule has 0 spiro atoms. The van der Waals surface area contributed by atoms with Gasteiger partial charge in [-0.05, 0) is 35.4 Å². The first kappa shape index (κ1) is 19.7. The van der Waals surface area contributed by atoms with Crippen LogP contribution in [-0.4, -0.2) is 9.55 Å². The maximum atomic E-state index is 13.8. The summed E-state index contributed by atoms with van der Waals surface area (Å²) in [5.74, 6) is 0.227. The number of benzene rings is 3. The fourth-order valence-electron chi connectivity index (χ4n) is 3.64. The van der Waals surface area contributed by atoms with E-state index in [2.05, 4.69) is 0 Å². The standard InChI is InChI=1S/C25H16ClFN2OS/c26-19-11-9-17(10-12-19)21-15-31-24-22(21)25(30)29(14-16-5-4-8-20(27)13-16)23(28-24)18-6-2-1-3-7-18/h1-13,15H,14H2. The number of fused-ring (bicyclic) bond motifs is 1. The van der Waals surface area contributed by atoms with Crippen LogP contribution in [0.25, 0.3) is 32.7 Å². The molecule has 0 saturated carbocycles. The molecule has 0 aliphatic carbocycles. The van der Waals surface area contributed by atoms with Gasteiger partial charge in [-0.1, -0.05) is 66.2 Å². The van der Waals surface area contributed by atoms with E-state index in [1.54, 1.807) is 22.8 Å². The number of aromatic nitrogens is 2. The molecule has 0 N–H and O–H groups in total. The molecule has 152 valence electrons. The lowest BCUT2D eigenvalue weighted by atomic mass is 10.1. The van der Waals surface area contributed by atoms with Crippen LogP contribution in [0.4, 0.5) is 4.39 Å². The second kappa shape index (κ2) is 8.10. The van der Waals surface area contributed by atoms with Gasteiger partial charge in [0.1, 0.15) is 16.5 Å². The first-order valence-corrected chi connectivity index (χ1v) is 10.9. The monoisotopic (exact) mass is 446 g/mol. The molecule has 0 saturated heterocycles. The first-order chi connectivity index (χ1) is 15.1. The molecule has 0 bridgehead atoms. The minimum absolute atomic E-state index is 0.153. The Morgan fingerprint density at radius 1 is 0.935 bits per heavy atom. The zero-order valence-electron chi connectivity index (χ0n) is 16.3. The predicted molar refractivity (Wildman–Crippen MR) is 125 cm³/mol. The SMILES string of the molecule is O=c1c2c(-c3ccc(Cl)cc3)csc2nc(-c2ccccc2)n1Cc1cccc(F)c1. The third-order valence-electron chi connectivity index (χ3n) is 5.11. The smallest absolute Gasteiger partial charge is 0.263 e. The lowest BCUT2D eigenvalue weighted by Crippen LogP contribution is -2.24. The Labute approximate surface area is 187 Å². The van der Waals surface area contributed by atoms with E-state index in [9.17, 15) is 9.18 Å². The Hall–Kier alpha value is -3.28. The van der Waals surface area contributed by atoms with Crippen LogP contribution in [-0.2, 0) is 6.54 Å². The third kappa shape index (κ3) is 3.78. The fraction of sp³-hybridized carbons (Fsp3) is 0.0400. The average Bonchev–Trinajstić information content (AvgIpc) is 3.21. The summed E-state index contributed by atoms with van der Waals surface area (Å²) in [5.41, 5.74) is 3.10. The second-order valence-corrected chi connectivity index (χ2v) is 8.45. The zero-order chi connectivity index (χ0) is 21.4. The Bertz CT molecular complexity index is 1440. The highest BCUT2D eigenvalue weighted by molar-refractivity contribution is 7.17. The van der Waals surface area contributed by atoms with Crippen molar-refractivity contribution in [1.29, 1.82) is 0 Å². The maximum absolute atomic E-state index is 13.8.